The van der Waals surface area contributed by atoms with Gasteiger partial charge in [-0.25, -0.2) is 0 Å². The van der Waals surface area contributed by atoms with Crippen LogP contribution in [-0.4, -0.2) is 53.6 Å². The van der Waals surface area contributed by atoms with Crippen molar-refractivity contribution >= 4 is 0 Å². The summed E-state index contributed by atoms with van der Waals surface area (Å²) >= 11 is 0. The van der Waals surface area contributed by atoms with E-state index in [1.54, 1.807) is 0 Å². The van der Waals surface area contributed by atoms with E-state index in [1.807, 2.05) is 0 Å². The van der Waals surface area contributed by atoms with Gasteiger partial charge < -0.3 is 10.6 Å². The number of hydrogen-bond acceptors (Lipinski definition) is 3. The molecule has 3 fully saturated rings. The van der Waals surface area contributed by atoms with Crippen molar-refractivity contribution in [2.45, 2.75) is 76.5 Å². The maximum atomic E-state index is 6.22. The number of fused-ring (bicyclic) bond motifs is 2. The first-order valence-electron chi connectivity index (χ1n) is 8.39. The Labute approximate surface area is 118 Å². The molecule has 0 aromatic heterocycles. The van der Waals surface area contributed by atoms with Gasteiger partial charge in [-0.3, -0.25) is 4.90 Å². The first-order chi connectivity index (χ1) is 9.13. The summed E-state index contributed by atoms with van der Waals surface area (Å²) in [7, 11) is 0. The van der Waals surface area contributed by atoms with Crippen LogP contribution in [0, 0.1) is 5.92 Å². The number of piperidine rings is 2. The molecule has 0 radical (unpaired) electrons. The van der Waals surface area contributed by atoms with Gasteiger partial charge >= 0.3 is 0 Å². The Bertz CT molecular complexity index is 290. The smallest absolute Gasteiger partial charge is 0.0113 e. The number of rotatable bonds is 3. The van der Waals surface area contributed by atoms with Crippen molar-refractivity contribution in [3.8, 4) is 0 Å². The molecule has 3 aliphatic heterocycles. The average Bonchev–Trinajstić information content (AvgIpc) is 2.79. The summed E-state index contributed by atoms with van der Waals surface area (Å²) in [4.78, 5) is 5.50. The van der Waals surface area contributed by atoms with Crippen LogP contribution in [0.25, 0.3) is 0 Å². The first-order valence-corrected chi connectivity index (χ1v) is 8.39. The Balaban J connectivity index is 1.58. The van der Waals surface area contributed by atoms with Crippen LogP contribution in [-0.2, 0) is 0 Å². The molecule has 0 aromatic carbocycles. The summed E-state index contributed by atoms with van der Waals surface area (Å²) in [5.41, 5.74) is 6.22. The molecule has 3 nitrogen and oxygen atoms in total. The minimum Gasteiger partial charge on any atom is -0.328 e. The minimum atomic E-state index is 0.474. The second kappa shape index (κ2) is 5.71. The zero-order valence-electron chi connectivity index (χ0n) is 12.7. The normalized spacial score (nSPS) is 41.1. The molecule has 2 bridgehead atoms. The van der Waals surface area contributed by atoms with Gasteiger partial charge in [0.05, 0.1) is 0 Å². The van der Waals surface area contributed by atoms with Crippen molar-refractivity contribution in [1.29, 1.82) is 0 Å². The molecule has 3 rings (SSSR count). The molecule has 3 aliphatic rings. The van der Waals surface area contributed by atoms with Gasteiger partial charge in [0.15, 0.2) is 0 Å². The number of hydrogen-bond donors (Lipinski definition) is 1. The fourth-order valence-corrected chi connectivity index (χ4v) is 4.60. The molecule has 19 heavy (non-hydrogen) atoms. The van der Waals surface area contributed by atoms with E-state index >= 15 is 0 Å². The highest BCUT2D eigenvalue weighted by Crippen LogP contribution is 2.35. The lowest BCUT2D eigenvalue weighted by Gasteiger charge is -2.49. The van der Waals surface area contributed by atoms with Gasteiger partial charge in [0.25, 0.3) is 0 Å². The third kappa shape index (κ3) is 2.98. The van der Waals surface area contributed by atoms with E-state index in [9.17, 15) is 0 Å². The molecule has 0 amide bonds. The van der Waals surface area contributed by atoms with Crippen molar-refractivity contribution in [2.24, 2.45) is 11.7 Å². The van der Waals surface area contributed by atoms with Crippen LogP contribution in [0.15, 0.2) is 0 Å². The minimum absolute atomic E-state index is 0.474. The molecule has 0 spiro atoms. The fourth-order valence-electron chi connectivity index (χ4n) is 4.60. The Morgan fingerprint density at radius 3 is 2.37 bits per heavy atom. The highest BCUT2D eigenvalue weighted by atomic mass is 15.2. The van der Waals surface area contributed by atoms with E-state index in [0.717, 1.165) is 24.0 Å². The van der Waals surface area contributed by atoms with E-state index in [4.69, 9.17) is 5.73 Å². The Hall–Kier alpha value is -0.120. The number of nitrogens with zero attached hydrogens (tertiary/aromatic N) is 2. The van der Waals surface area contributed by atoms with Crippen molar-refractivity contribution in [2.75, 3.05) is 19.6 Å². The molecule has 3 heteroatoms. The van der Waals surface area contributed by atoms with E-state index in [-0.39, 0.29) is 0 Å². The molecule has 3 saturated heterocycles. The number of likely N-dealkylation sites (tertiary alicyclic amines) is 1. The molecule has 3 heterocycles. The molecule has 3 atom stereocenters. The molecule has 2 N–H and O–H groups in total. The summed E-state index contributed by atoms with van der Waals surface area (Å²) in [5, 5.41) is 0. The zero-order chi connectivity index (χ0) is 13.4. The number of nitrogens with two attached hydrogens (primary N) is 1. The Morgan fingerprint density at radius 1 is 1.11 bits per heavy atom. The van der Waals surface area contributed by atoms with Crippen molar-refractivity contribution in [3.05, 3.63) is 0 Å². The molecule has 0 aliphatic carbocycles. The predicted octanol–water partition coefficient (Wildman–Crippen LogP) is 2.06. The molecular weight excluding hydrogens is 234 g/mol. The quantitative estimate of drug-likeness (QED) is 0.848. The standard InChI is InChI=1S/C16H31N3/c1-12(2)18-7-6-13(10-18)11-19-15-4-3-5-16(19)9-14(17)8-15/h12-16H,3-11,17H2,1-2H3. The van der Waals surface area contributed by atoms with Gasteiger partial charge in [-0.1, -0.05) is 6.42 Å². The van der Waals surface area contributed by atoms with E-state index in [2.05, 4.69) is 23.6 Å². The maximum absolute atomic E-state index is 6.22. The van der Waals surface area contributed by atoms with Crippen LogP contribution in [0.4, 0.5) is 0 Å². The van der Waals surface area contributed by atoms with Crippen LogP contribution in [0.3, 0.4) is 0 Å². The summed E-state index contributed by atoms with van der Waals surface area (Å²) in [6.45, 7) is 8.63. The molecule has 0 aromatic rings. The summed E-state index contributed by atoms with van der Waals surface area (Å²) in [5.74, 6) is 0.903. The molecule has 3 unspecified atom stereocenters. The second-order valence-electron chi connectivity index (χ2n) is 7.41. The lowest BCUT2D eigenvalue weighted by Crippen LogP contribution is -2.56. The van der Waals surface area contributed by atoms with Crippen LogP contribution >= 0.6 is 0 Å². The second-order valence-corrected chi connectivity index (χ2v) is 7.41. The lowest BCUT2D eigenvalue weighted by atomic mass is 9.81. The monoisotopic (exact) mass is 265 g/mol. The third-order valence-corrected chi connectivity index (χ3v) is 5.68. The summed E-state index contributed by atoms with van der Waals surface area (Å²) in [6.07, 6.45) is 8.12. The van der Waals surface area contributed by atoms with Gasteiger partial charge in [-0.05, 0) is 58.4 Å². The molecule has 0 saturated carbocycles. The first kappa shape index (κ1) is 13.8. The zero-order valence-corrected chi connectivity index (χ0v) is 12.7. The van der Waals surface area contributed by atoms with Crippen LogP contribution in [0.1, 0.15) is 52.4 Å². The van der Waals surface area contributed by atoms with E-state index in [1.165, 1.54) is 58.2 Å². The lowest BCUT2D eigenvalue weighted by molar-refractivity contribution is 0.0192. The van der Waals surface area contributed by atoms with Crippen LogP contribution < -0.4 is 5.73 Å². The largest absolute Gasteiger partial charge is 0.328 e. The van der Waals surface area contributed by atoms with Crippen LogP contribution in [0.2, 0.25) is 0 Å². The van der Waals surface area contributed by atoms with E-state index < -0.39 is 0 Å². The van der Waals surface area contributed by atoms with Crippen molar-refractivity contribution in [1.82, 2.24) is 9.80 Å². The molecular formula is C16H31N3. The van der Waals surface area contributed by atoms with Crippen molar-refractivity contribution < 1.29 is 0 Å². The maximum Gasteiger partial charge on any atom is 0.0113 e. The predicted molar refractivity (Wildman–Crippen MR) is 80.2 cm³/mol. The fraction of sp³-hybridized carbons (Fsp3) is 1.00. The van der Waals surface area contributed by atoms with Gasteiger partial charge in [-0.15, -0.1) is 0 Å². The van der Waals surface area contributed by atoms with E-state index in [0.29, 0.717) is 6.04 Å². The average molecular weight is 265 g/mol. The van der Waals surface area contributed by atoms with Crippen molar-refractivity contribution in [3.63, 3.8) is 0 Å². The highest BCUT2D eigenvalue weighted by Gasteiger charge is 2.38. The summed E-state index contributed by atoms with van der Waals surface area (Å²) in [6, 6.07) is 2.80. The van der Waals surface area contributed by atoms with Gasteiger partial charge in [-0.2, -0.15) is 0 Å². The van der Waals surface area contributed by atoms with Gasteiger partial charge in [0, 0.05) is 37.3 Å². The highest BCUT2D eigenvalue weighted by molar-refractivity contribution is 4.95. The van der Waals surface area contributed by atoms with Gasteiger partial charge in [0.1, 0.15) is 0 Å². The topological polar surface area (TPSA) is 32.5 Å². The third-order valence-electron chi connectivity index (χ3n) is 5.68. The Morgan fingerprint density at radius 2 is 1.79 bits per heavy atom. The Kier molecular flexibility index (Phi) is 4.16. The summed E-state index contributed by atoms with van der Waals surface area (Å²) < 4.78 is 0. The SMILES string of the molecule is CC(C)N1CCC(CN2C3CCCC2CC(N)C3)C1. The van der Waals surface area contributed by atoms with Crippen LogP contribution in [0.5, 0.6) is 0 Å². The molecule has 110 valence electrons. The van der Waals surface area contributed by atoms with Gasteiger partial charge in [0.2, 0.25) is 0 Å².